The largest absolute Gasteiger partial charge is 0.481 e. The van der Waals surface area contributed by atoms with Gasteiger partial charge in [-0.2, -0.15) is 0 Å². The highest BCUT2D eigenvalue weighted by atomic mass is 32.1. The third kappa shape index (κ3) is 7.89. The molecular formula is C23H24N6O5S. The summed E-state index contributed by atoms with van der Waals surface area (Å²) in [6.07, 6.45) is 2.67. The number of rotatable bonds is 10. The molecule has 5 N–H and O–H groups in total. The monoisotopic (exact) mass is 496 g/mol. The lowest BCUT2D eigenvalue weighted by molar-refractivity contribution is -0.137. The number of carboxylic acid groups (broad SMARTS) is 1. The van der Waals surface area contributed by atoms with Gasteiger partial charge < -0.3 is 21.1 Å². The van der Waals surface area contributed by atoms with Crippen LogP contribution in [0.5, 0.6) is 0 Å². The second-order valence-corrected chi connectivity index (χ2v) is 8.33. The van der Waals surface area contributed by atoms with Gasteiger partial charge in [-0.05, 0) is 24.1 Å². The van der Waals surface area contributed by atoms with Crippen molar-refractivity contribution in [3.8, 4) is 0 Å². The first-order chi connectivity index (χ1) is 16.8. The van der Waals surface area contributed by atoms with Gasteiger partial charge in [0.25, 0.3) is 5.91 Å². The van der Waals surface area contributed by atoms with Crippen LogP contribution in [-0.4, -0.2) is 44.9 Å². The molecule has 0 saturated carbocycles. The summed E-state index contributed by atoms with van der Waals surface area (Å²) in [6, 6.07) is 10.4. The van der Waals surface area contributed by atoms with Gasteiger partial charge in [0.05, 0.1) is 12.5 Å². The van der Waals surface area contributed by atoms with E-state index < -0.39 is 35.9 Å². The third-order valence-corrected chi connectivity index (χ3v) is 5.53. The van der Waals surface area contributed by atoms with Gasteiger partial charge >= 0.3 is 12.0 Å². The molecule has 2 atom stereocenters. The van der Waals surface area contributed by atoms with Crippen molar-refractivity contribution in [2.75, 3.05) is 5.32 Å². The van der Waals surface area contributed by atoms with E-state index in [1.54, 1.807) is 12.1 Å². The number of nitrogens with one attached hydrogen (secondary N) is 4. The highest BCUT2D eigenvalue weighted by Crippen LogP contribution is 2.17. The Morgan fingerprint density at radius 3 is 2.51 bits per heavy atom. The highest BCUT2D eigenvalue weighted by Gasteiger charge is 2.23. The normalized spacial score (nSPS) is 12.1. The molecule has 0 radical (unpaired) electrons. The van der Waals surface area contributed by atoms with E-state index in [0.717, 1.165) is 16.9 Å². The zero-order valence-corrected chi connectivity index (χ0v) is 19.5. The van der Waals surface area contributed by atoms with Crippen LogP contribution in [0.4, 0.5) is 9.93 Å². The lowest BCUT2D eigenvalue weighted by Crippen LogP contribution is -2.46. The van der Waals surface area contributed by atoms with Crippen LogP contribution in [0.1, 0.15) is 41.0 Å². The number of urea groups is 1. The molecule has 1 aromatic carbocycles. The molecular weight excluding hydrogens is 472 g/mol. The van der Waals surface area contributed by atoms with Gasteiger partial charge in [0.15, 0.2) is 5.13 Å². The Morgan fingerprint density at radius 2 is 1.83 bits per heavy atom. The molecule has 0 aliphatic rings. The fourth-order valence-corrected chi connectivity index (χ4v) is 3.68. The number of pyridine rings is 1. The van der Waals surface area contributed by atoms with E-state index in [1.807, 2.05) is 30.3 Å². The lowest BCUT2D eigenvalue weighted by Gasteiger charge is -2.20. The van der Waals surface area contributed by atoms with Crippen molar-refractivity contribution in [2.45, 2.75) is 32.0 Å². The molecule has 1 unspecified atom stereocenters. The average Bonchev–Trinajstić information content (AvgIpc) is 3.31. The number of amides is 4. The molecule has 0 saturated heterocycles. The highest BCUT2D eigenvalue weighted by molar-refractivity contribution is 7.14. The summed E-state index contributed by atoms with van der Waals surface area (Å²) < 4.78 is 0. The number of nitrogens with zero attached hydrogens (tertiary/aromatic N) is 2. The van der Waals surface area contributed by atoms with Crippen molar-refractivity contribution in [2.24, 2.45) is 0 Å². The number of thiazole rings is 1. The van der Waals surface area contributed by atoms with Crippen molar-refractivity contribution < 1.29 is 24.3 Å². The van der Waals surface area contributed by atoms with Gasteiger partial charge in [-0.1, -0.05) is 36.4 Å². The minimum atomic E-state index is -1.09. The van der Waals surface area contributed by atoms with Crippen LogP contribution in [0.25, 0.3) is 0 Å². The van der Waals surface area contributed by atoms with E-state index in [0.29, 0.717) is 12.1 Å². The molecule has 3 rings (SSSR count). The smallest absolute Gasteiger partial charge is 0.321 e. The van der Waals surface area contributed by atoms with Gasteiger partial charge in [0, 0.05) is 24.3 Å². The maximum Gasteiger partial charge on any atom is 0.321 e. The standard InChI is InChI=1S/C23H24N6O5S/c1-14(20(32)27-17(10-19(30)31)16-8-5-9-24-12-16)26-21(33)18-13-35-23(28-18)29-22(34)25-11-15-6-3-2-4-7-15/h2-9,12-14,17H,10-11H2,1H3,(H,26,33)(H,27,32)(H,30,31)(H2,25,28,29,34)/t14-,17?/m1/s1. The average molecular weight is 497 g/mol. The number of hydrogen-bond acceptors (Lipinski definition) is 7. The molecule has 0 aliphatic carbocycles. The molecule has 0 spiro atoms. The molecule has 0 aliphatic heterocycles. The summed E-state index contributed by atoms with van der Waals surface area (Å²) >= 11 is 1.06. The Labute approximate surface area is 205 Å². The number of benzene rings is 1. The quantitative estimate of drug-likeness (QED) is 0.288. The maximum atomic E-state index is 12.6. The first-order valence-corrected chi connectivity index (χ1v) is 11.5. The van der Waals surface area contributed by atoms with Crippen LogP contribution < -0.4 is 21.3 Å². The van der Waals surface area contributed by atoms with Crippen LogP contribution in [0.3, 0.4) is 0 Å². The van der Waals surface area contributed by atoms with Crippen molar-refractivity contribution in [1.82, 2.24) is 25.9 Å². The van der Waals surface area contributed by atoms with Crippen molar-refractivity contribution >= 4 is 40.3 Å². The van der Waals surface area contributed by atoms with E-state index in [2.05, 4.69) is 31.2 Å². The van der Waals surface area contributed by atoms with E-state index in [1.165, 1.54) is 24.7 Å². The van der Waals surface area contributed by atoms with Crippen LogP contribution in [0.15, 0.2) is 60.2 Å². The molecule has 35 heavy (non-hydrogen) atoms. The van der Waals surface area contributed by atoms with E-state index >= 15 is 0 Å². The Hall–Kier alpha value is -4.32. The predicted molar refractivity (Wildman–Crippen MR) is 129 cm³/mol. The number of aromatic nitrogens is 2. The summed E-state index contributed by atoms with van der Waals surface area (Å²) in [7, 11) is 0. The third-order valence-electron chi connectivity index (χ3n) is 4.78. The van der Waals surface area contributed by atoms with Crippen molar-refractivity contribution in [1.29, 1.82) is 0 Å². The molecule has 182 valence electrons. The second-order valence-electron chi connectivity index (χ2n) is 7.47. The Morgan fingerprint density at radius 1 is 1.06 bits per heavy atom. The van der Waals surface area contributed by atoms with Crippen LogP contribution in [0.2, 0.25) is 0 Å². The van der Waals surface area contributed by atoms with Gasteiger partial charge in [0.2, 0.25) is 5.91 Å². The Balaban J connectivity index is 1.52. The summed E-state index contributed by atoms with van der Waals surface area (Å²) in [5, 5.41) is 21.2. The van der Waals surface area contributed by atoms with Crippen LogP contribution in [0, 0.1) is 0 Å². The summed E-state index contributed by atoms with van der Waals surface area (Å²) in [4.78, 5) is 56.4. The van der Waals surface area contributed by atoms with Gasteiger partial charge in [-0.25, -0.2) is 9.78 Å². The minimum Gasteiger partial charge on any atom is -0.481 e. The summed E-state index contributed by atoms with van der Waals surface area (Å²) in [5.41, 5.74) is 1.49. The number of carboxylic acids is 1. The van der Waals surface area contributed by atoms with Crippen LogP contribution in [-0.2, 0) is 16.1 Å². The minimum absolute atomic E-state index is 0.0300. The number of anilines is 1. The first kappa shape index (κ1) is 25.3. The molecule has 0 bridgehead atoms. The summed E-state index contributed by atoms with van der Waals surface area (Å²) in [5.74, 6) is -2.27. The maximum absolute atomic E-state index is 12.6. The molecule has 0 fully saturated rings. The van der Waals surface area contributed by atoms with Crippen molar-refractivity contribution in [3.05, 3.63) is 77.1 Å². The first-order valence-electron chi connectivity index (χ1n) is 10.6. The zero-order chi connectivity index (χ0) is 25.2. The van der Waals surface area contributed by atoms with Gasteiger partial charge in [-0.3, -0.25) is 24.7 Å². The zero-order valence-electron chi connectivity index (χ0n) is 18.7. The SMILES string of the molecule is C[C@@H](NC(=O)c1csc(NC(=O)NCc2ccccc2)n1)C(=O)NC(CC(=O)O)c1cccnc1. The second kappa shape index (κ2) is 12.2. The van der Waals surface area contributed by atoms with E-state index in [4.69, 9.17) is 5.11 Å². The predicted octanol–water partition coefficient (Wildman–Crippen LogP) is 2.31. The number of hydrogen-bond donors (Lipinski definition) is 5. The number of aliphatic carboxylic acids is 1. The Bertz CT molecular complexity index is 1170. The summed E-state index contributed by atoms with van der Waals surface area (Å²) in [6.45, 7) is 1.80. The fourth-order valence-electron chi connectivity index (χ4n) is 3.00. The van der Waals surface area contributed by atoms with Gasteiger partial charge in [-0.15, -0.1) is 11.3 Å². The van der Waals surface area contributed by atoms with E-state index in [9.17, 15) is 19.2 Å². The molecule has 2 heterocycles. The molecule has 2 aromatic heterocycles. The number of carbonyl (C=O) groups excluding carboxylic acids is 3. The molecule has 4 amide bonds. The molecule has 12 heteroatoms. The van der Waals surface area contributed by atoms with Gasteiger partial charge in [0.1, 0.15) is 11.7 Å². The van der Waals surface area contributed by atoms with Crippen molar-refractivity contribution in [3.63, 3.8) is 0 Å². The van der Waals surface area contributed by atoms with E-state index in [-0.39, 0.29) is 17.2 Å². The topological polar surface area (TPSA) is 162 Å². The van der Waals surface area contributed by atoms with Crippen LogP contribution >= 0.6 is 11.3 Å². The Kier molecular flexibility index (Phi) is 8.84. The number of carbonyl (C=O) groups is 4. The lowest BCUT2D eigenvalue weighted by atomic mass is 10.1. The molecule has 11 nitrogen and oxygen atoms in total. The molecule has 3 aromatic rings. The fraction of sp³-hybridized carbons (Fsp3) is 0.217.